The van der Waals surface area contributed by atoms with Crippen LogP contribution in [0.25, 0.3) is 0 Å². The van der Waals surface area contributed by atoms with E-state index in [0.717, 1.165) is 51.4 Å². The molecule has 0 aromatic carbocycles. The maximum atomic E-state index is 12.9. The predicted molar refractivity (Wildman–Crippen MR) is 289 cm³/mol. The number of amides is 1. The van der Waals surface area contributed by atoms with Crippen LogP contribution in [-0.4, -0.2) is 68.5 Å². The molecule has 9 heteroatoms. The van der Waals surface area contributed by atoms with Crippen molar-refractivity contribution < 1.29 is 32.9 Å². The molecule has 0 saturated heterocycles. The van der Waals surface area contributed by atoms with Crippen molar-refractivity contribution in [3.8, 4) is 0 Å². The highest BCUT2D eigenvalue weighted by atomic mass is 31.2. The van der Waals surface area contributed by atoms with E-state index in [1.165, 1.54) is 218 Å². The van der Waals surface area contributed by atoms with Crippen LogP contribution in [-0.2, 0) is 18.4 Å². The number of hydrogen-bond acceptors (Lipinski definition) is 6. The van der Waals surface area contributed by atoms with Crippen molar-refractivity contribution in [1.29, 1.82) is 0 Å². The Morgan fingerprint density at radius 1 is 0.507 bits per heavy atom. The highest BCUT2D eigenvalue weighted by molar-refractivity contribution is 7.45. The number of quaternary nitrogens is 1. The molecule has 8 nitrogen and oxygen atoms in total. The molecule has 0 spiro atoms. The average Bonchev–Trinajstić information content (AvgIpc) is 3.29. The van der Waals surface area contributed by atoms with Gasteiger partial charge in [-0.25, -0.2) is 0 Å². The molecule has 0 aromatic heterocycles. The summed E-state index contributed by atoms with van der Waals surface area (Å²) < 4.78 is 23.3. The number of nitrogens with one attached hydrogen (secondary N) is 1. The number of unbranched alkanes of at least 4 members (excludes halogenated alkanes) is 39. The lowest BCUT2D eigenvalue weighted by atomic mass is 10.0. The zero-order chi connectivity index (χ0) is 49.2. The number of allylic oxidation sites excluding steroid dienone is 3. The van der Waals surface area contributed by atoms with Crippen molar-refractivity contribution in [2.24, 2.45) is 0 Å². The first-order valence-electron chi connectivity index (χ1n) is 29.2. The molecule has 0 fully saturated rings. The third-order valence-electron chi connectivity index (χ3n) is 13.4. The van der Waals surface area contributed by atoms with E-state index in [1.54, 1.807) is 6.08 Å². The van der Waals surface area contributed by atoms with Crippen LogP contribution in [0.2, 0.25) is 0 Å². The van der Waals surface area contributed by atoms with Crippen molar-refractivity contribution in [2.75, 3.05) is 40.9 Å². The Morgan fingerprint density at radius 2 is 0.821 bits per heavy atom. The van der Waals surface area contributed by atoms with E-state index in [-0.39, 0.29) is 19.1 Å². The smallest absolute Gasteiger partial charge is 0.268 e. The lowest BCUT2D eigenvalue weighted by molar-refractivity contribution is -0.870. The largest absolute Gasteiger partial charge is 0.756 e. The van der Waals surface area contributed by atoms with Gasteiger partial charge in [0.2, 0.25) is 5.91 Å². The van der Waals surface area contributed by atoms with E-state index in [4.69, 9.17) is 9.05 Å². The van der Waals surface area contributed by atoms with Gasteiger partial charge < -0.3 is 28.8 Å². The molecule has 0 aromatic rings. The van der Waals surface area contributed by atoms with Crippen molar-refractivity contribution in [3.05, 3.63) is 24.3 Å². The SMILES string of the molecule is CCCCCCCCC/C=C\CCCCCCCC(=O)NC(COP(=O)([O-])OCC[N+](C)(C)C)C(O)/C=C/CCCCCCCCCCCCCCCCCCCCCCCCCCCCC. The molecular formula is C58H115N2O6P. The van der Waals surface area contributed by atoms with E-state index >= 15 is 0 Å². The number of aliphatic hydroxyl groups excluding tert-OH is 1. The van der Waals surface area contributed by atoms with Crippen LogP contribution in [0, 0.1) is 0 Å². The van der Waals surface area contributed by atoms with Gasteiger partial charge in [0.25, 0.3) is 7.82 Å². The summed E-state index contributed by atoms with van der Waals surface area (Å²) in [5.41, 5.74) is 0. The predicted octanol–water partition coefficient (Wildman–Crippen LogP) is 17.0. The molecule has 3 atom stereocenters. The number of phosphoric ester groups is 1. The highest BCUT2D eigenvalue weighted by Gasteiger charge is 2.23. The van der Waals surface area contributed by atoms with Gasteiger partial charge in [-0.1, -0.05) is 263 Å². The number of nitrogens with zero attached hydrogens (tertiary/aromatic N) is 1. The summed E-state index contributed by atoms with van der Waals surface area (Å²) in [4.78, 5) is 25.5. The fourth-order valence-electron chi connectivity index (χ4n) is 8.80. The summed E-state index contributed by atoms with van der Waals surface area (Å²) in [6, 6.07) is -0.889. The Balaban J connectivity index is 4.13. The van der Waals surface area contributed by atoms with Crippen LogP contribution in [0.1, 0.15) is 290 Å². The van der Waals surface area contributed by atoms with Crippen LogP contribution in [0.4, 0.5) is 0 Å². The van der Waals surface area contributed by atoms with E-state index in [2.05, 4.69) is 31.3 Å². The first-order chi connectivity index (χ1) is 32.5. The molecular weight excluding hydrogens is 852 g/mol. The van der Waals surface area contributed by atoms with Crippen molar-refractivity contribution in [1.82, 2.24) is 5.32 Å². The molecule has 1 amide bonds. The third-order valence-corrected chi connectivity index (χ3v) is 14.4. The molecule has 0 heterocycles. The molecule has 3 unspecified atom stereocenters. The highest BCUT2D eigenvalue weighted by Crippen LogP contribution is 2.38. The minimum absolute atomic E-state index is 0.00104. The number of hydrogen-bond donors (Lipinski definition) is 2. The normalized spacial score (nSPS) is 14.1. The maximum absolute atomic E-state index is 12.9. The lowest BCUT2D eigenvalue weighted by Crippen LogP contribution is -2.45. The van der Waals surface area contributed by atoms with E-state index < -0.39 is 20.0 Å². The lowest BCUT2D eigenvalue weighted by Gasteiger charge is -2.29. The summed E-state index contributed by atoms with van der Waals surface area (Å²) in [6.07, 6.45) is 62.6. The van der Waals surface area contributed by atoms with Gasteiger partial charge in [0.15, 0.2) is 0 Å². The molecule has 0 saturated carbocycles. The van der Waals surface area contributed by atoms with Crippen LogP contribution >= 0.6 is 7.82 Å². The Hall–Kier alpha value is -1.02. The molecule has 0 aliphatic rings. The van der Waals surface area contributed by atoms with E-state index in [1.807, 2.05) is 27.2 Å². The summed E-state index contributed by atoms with van der Waals surface area (Å²) in [7, 11) is 1.27. The molecule has 0 bridgehead atoms. The number of aliphatic hydroxyl groups is 1. The molecule has 0 aliphatic heterocycles. The maximum Gasteiger partial charge on any atom is 0.268 e. The third kappa shape index (κ3) is 52.6. The number of phosphoric acid groups is 1. The second-order valence-electron chi connectivity index (χ2n) is 21.4. The van der Waals surface area contributed by atoms with Crippen molar-refractivity contribution >= 4 is 13.7 Å². The fraction of sp³-hybridized carbons (Fsp3) is 0.914. The second kappa shape index (κ2) is 49.9. The quantitative estimate of drug-likeness (QED) is 0.0272. The Morgan fingerprint density at radius 3 is 1.16 bits per heavy atom. The summed E-state index contributed by atoms with van der Waals surface area (Å²) >= 11 is 0. The van der Waals surface area contributed by atoms with Crippen LogP contribution in [0.15, 0.2) is 24.3 Å². The summed E-state index contributed by atoms with van der Waals surface area (Å²) in [5, 5.41) is 13.9. The summed E-state index contributed by atoms with van der Waals surface area (Å²) in [5.74, 6) is -0.202. The Bertz CT molecular complexity index is 1140. The van der Waals surface area contributed by atoms with Gasteiger partial charge >= 0.3 is 0 Å². The number of rotatable bonds is 54. The number of carbonyl (C=O) groups is 1. The molecule has 0 radical (unpaired) electrons. The topological polar surface area (TPSA) is 108 Å². The van der Waals surface area contributed by atoms with Gasteiger partial charge in [-0.05, 0) is 44.9 Å². The van der Waals surface area contributed by atoms with Crippen LogP contribution < -0.4 is 10.2 Å². The Labute approximate surface area is 417 Å². The number of carbonyl (C=O) groups excluding carboxylic acids is 1. The monoisotopic (exact) mass is 967 g/mol. The van der Waals surface area contributed by atoms with Gasteiger partial charge in [-0.3, -0.25) is 9.36 Å². The molecule has 0 rings (SSSR count). The van der Waals surface area contributed by atoms with Gasteiger partial charge in [0.05, 0.1) is 39.9 Å². The molecule has 67 heavy (non-hydrogen) atoms. The minimum atomic E-state index is -4.60. The van der Waals surface area contributed by atoms with E-state index in [0.29, 0.717) is 17.4 Å². The van der Waals surface area contributed by atoms with Gasteiger partial charge in [-0.2, -0.15) is 0 Å². The molecule has 2 N–H and O–H groups in total. The van der Waals surface area contributed by atoms with Gasteiger partial charge in [-0.15, -0.1) is 0 Å². The Kier molecular flexibility index (Phi) is 49.2. The molecule has 0 aliphatic carbocycles. The van der Waals surface area contributed by atoms with E-state index in [9.17, 15) is 19.4 Å². The second-order valence-corrected chi connectivity index (χ2v) is 22.8. The van der Waals surface area contributed by atoms with Gasteiger partial charge in [0, 0.05) is 6.42 Å². The first kappa shape index (κ1) is 66.0. The van der Waals surface area contributed by atoms with Crippen LogP contribution in [0.3, 0.4) is 0 Å². The van der Waals surface area contributed by atoms with Crippen LogP contribution in [0.5, 0.6) is 0 Å². The van der Waals surface area contributed by atoms with Crippen molar-refractivity contribution in [3.63, 3.8) is 0 Å². The van der Waals surface area contributed by atoms with Crippen molar-refractivity contribution in [2.45, 2.75) is 302 Å². The summed E-state index contributed by atoms with van der Waals surface area (Å²) in [6.45, 7) is 4.67. The first-order valence-corrected chi connectivity index (χ1v) is 30.7. The zero-order valence-corrected chi connectivity index (χ0v) is 46.3. The van der Waals surface area contributed by atoms with Gasteiger partial charge in [0.1, 0.15) is 13.2 Å². The zero-order valence-electron chi connectivity index (χ0n) is 45.4. The number of likely N-dealkylation sites (N-methyl/N-ethyl adjacent to an activating group) is 1. The standard InChI is InChI=1S/C58H115N2O6P/c1-6-8-10-12-14-16-18-20-22-24-25-26-27-28-29-30-31-32-33-34-35-36-37-39-41-43-45-47-49-51-57(61)56(55-66-67(63,64)65-54-53-60(3,4)5)59-58(62)52-50-48-46-44-42-40-38-23-21-19-17-15-13-11-9-7-2/h23,38,49,51,56-57,61H,6-22,24-37,39-48,50,52-55H2,1-5H3,(H-,59,62,63,64)/b38-23-,51-49+. The minimum Gasteiger partial charge on any atom is -0.756 e. The fourth-order valence-corrected chi connectivity index (χ4v) is 9.52. The molecule has 398 valence electrons. The average molecular weight is 968 g/mol.